The van der Waals surface area contributed by atoms with Gasteiger partial charge in [-0.3, -0.25) is 4.79 Å². The Morgan fingerprint density at radius 2 is 2.00 bits per heavy atom. The Balaban J connectivity index is 2.14. The summed E-state index contributed by atoms with van der Waals surface area (Å²) in [5.74, 6) is -0.820. The second-order valence-corrected chi connectivity index (χ2v) is 4.57. The number of rotatable bonds is 1. The van der Waals surface area contributed by atoms with Crippen molar-refractivity contribution in [3.63, 3.8) is 0 Å². The predicted molar refractivity (Wildman–Crippen MR) is 68.1 cm³/mol. The number of aryl methyl sites for hydroxylation is 1. The lowest BCUT2D eigenvalue weighted by Crippen LogP contribution is -2.13. The molecule has 0 aromatic heterocycles. The van der Waals surface area contributed by atoms with E-state index in [9.17, 15) is 9.18 Å². The molecule has 1 aliphatic rings. The minimum absolute atomic E-state index is 0.0961. The van der Waals surface area contributed by atoms with E-state index in [1.165, 1.54) is 12.1 Å². The summed E-state index contributed by atoms with van der Waals surface area (Å²) in [5, 5.41) is 2.79. The van der Waals surface area contributed by atoms with Gasteiger partial charge in [-0.25, -0.2) is 4.39 Å². The van der Waals surface area contributed by atoms with E-state index in [1.807, 2.05) is 31.2 Å². The normalized spacial score (nSPS) is 17.4. The molecule has 1 amide bonds. The summed E-state index contributed by atoms with van der Waals surface area (Å²) in [4.78, 5) is 12.0. The second-order valence-electron chi connectivity index (χ2n) is 4.57. The highest BCUT2D eigenvalue weighted by molar-refractivity contribution is 6.05. The van der Waals surface area contributed by atoms with Crippen molar-refractivity contribution in [3.05, 3.63) is 65.0 Å². The van der Waals surface area contributed by atoms with Crippen LogP contribution in [-0.4, -0.2) is 5.91 Å². The molecule has 0 spiro atoms. The van der Waals surface area contributed by atoms with Gasteiger partial charge in [0.1, 0.15) is 5.82 Å². The molecule has 90 valence electrons. The molecular formula is C15H12FNO. The molecule has 1 N–H and O–H groups in total. The van der Waals surface area contributed by atoms with Crippen LogP contribution < -0.4 is 5.32 Å². The van der Waals surface area contributed by atoms with Gasteiger partial charge >= 0.3 is 0 Å². The van der Waals surface area contributed by atoms with Crippen LogP contribution in [0.25, 0.3) is 0 Å². The molecule has 0 fully saturated rings. The van der Waals surface area contributed by atoms with E-state index >= 15 is 0 Å². The van der Waals surface area contributed by atoms with Gasteiger partial charge in [0, 0.05) is 5.69 Å². The maximum absolute atomic E-state index is 13.3. The van der Waals surface area contributed by atoms with Gasteiger partial charge in [0.05, 0.1) is 5.92 Å². The van der Waals surface area contributed by atoms with Crippen molar-refractivity contribution in [2.75, 3.05) is 5.32 Å². The Kier molecular flexibility index (Phi) is 2.40. The van der Waals surface area contributed by atoms with E-state index in [2.05, 4.69) is 5.32 Å². The predicted octanol–water partition coefficient (Wildman–Crippen LogP) is 3.22. The van der Waals surface area contributed by atoms with Crippen LogP contribution in [0.4, 0.5) is 10.1 Å². The lowest BCUT2D eigenvalue weighted by atomic mass is 9.91. The molecule has 3 rings (SSSR count). The van der Waals surface area contributed by atoms with Crippen molar-refractivity contribution in [1.29, 1.82) is 0 Å². The van der Waals surface area contributed by atoms with Crippen LogP contribution in [0, 0.1) is 12.7 Å². The number of amides is 1. The maximum atomic E-state index is 13.3. The standard InChI is InChI=1S/C15H12FNO/c1-9-3-2-4-10(7-9)14-12-8-11(16)5-6-13(12)17-15(14)18/h2-8,14H,1H3,(H,17,18). The van der Waals surface area contributed by atoms with Crippen molar-refractivity contribution < 1.29 is 9.18 Å². The van der Waals surface area contributed by atoms with Crippen LogP contribution in [0.15, 0.2) is 42.5 Å². The molecule has 0 saturated carbocycles. The Morgan fingerprint density at radius 3 is 2.78 bits per heavy atom. The molecular weight excluding hydrogens is 229 g/mol. The molecule has 0 aliphatic carbocycles. The number of benzene rings is 2. The first kappa shape index (κ1) is 11.0. The van der Waals surface area contributed by atoms with Gasteiger partial charge in [-0.2, -0.15) is 0 Å². The molecule has 0 radical (unpaired) electrons. The molecule has 18 heavy (non-hydrogen) atoms. The molecule has 1 unspecified atom stereocenters. The van der Waals surface area contributed by atoms with Crippen LogP contribution in [-0.2, 0) is 4.79 Å². The van der Waals surface area contributed by atoms with Crippen LogP contribution in [0.5, 0.6) is 0 Å². The quantitative estimate of drug-likeness (QED) is 0.816. The lowest BCUT2D eigenvalue weighted by Gasteiger charge is -2.10. The van der Waals surface area contributed by atoms with Gasteiger partial charge in [0.15, 0.2) is 0 Å². The zero-order valence-corrected chi connectivity index (χ0v) is 9.91. The van der Waals surface area contributed by atoms with Crippen LogP contribution in [0.1, 0.15) is 22.6 Å². The Labute approximate surface area is 104 Å². The van der Waals surface area contributed by atoms with E-state index in [1.54, 1.807) is 6.07 Å². The fourth-order valence-electron chi connectivity index (χ4n) is 2.41. The fraction of sp³-hybridized carbons (Fsp3) is 0.133. The number of anilines is 1. The molecule has 3 heteroatoms. The summed E-state index contributed by atoms with van der Waals surface area (Å²) < 4.78 is 13.3. The third kappa shape index (κ3) is 1.68. The molecule has 2 aromatic rings. The summed E-state index contributed by atoms with van der Waals surface area (Å²) >= 11 is 0. The summed E-state index contributed by atoms with van der Waals surface area (Å²) in [7, 11) is 0. The average Bonchev–Trinajstić information content (AvgIpc) is 2.64. The maximum Gasteiger partial charge on any atom is 0.236 e. The minimum Gasteiger partial charge on any atom is -0.325 e. The van der Waals surface area contributed by atoms with Gasteiger partial charge in [-0.15, -0.1) is 0 Å². The van der Waals surface area contributed by atoms with Gasteiger partial charge in [0.25, 0.3) is 0 Å². The number of hydrogen-bond acceptors (Lipinski definition) is 1. The summed E-state index contributed by atoms with van der Waals surface area (Å²) in [6.07, 6.45) is 0. The van der Waals surface area contributed by atoms with Gasteiger partial charge in [0.2, 0.25) is 5.91 Å². The minimum atomic E-state index is -0.407. The van der Waals surface area contributed by atoms with Gasteiger partial charge in [-0.05, 0) is 36.2 Å². The number of nitrogens with one attached hydrogen (secondary N) is 1. The van der Waals surface area contributed by atoms with Crippen LogP contribution in [0.2, 0.25) is 0 Å². The summed E-state index contributed by atoms with van der Waals surface area (Å²) in [5.41, 5.74) is 3.40. The molecule has 1 heterocycles. The van der Waals surface area contributed by atoms with E-state index < -0.39 is 5.92 Å². The van der Waals surface area contributed by atoms with E-state index in [0.717, 1.165) is 11.1 Å². The third-order valence-corrected chi connectivity index (χ3v) is 3.22. The summed E-state index contributed by atoms with van der Waals surface area (Å²) in [6, 6.07) is 12.1. The molecule has 1 atom stereocenters. The Hall–Kier alpha value is -2.16. The number of carbonyl (C=O) groups excluding carboxylic acids is 1. The Bertz CT molecular complexity index is 636. The van der Waals surface area contributed by atoms with E-state index in [4.69, 9.17) is 0 Å². The first-order valence-corrected chi connectivity index (χ1v) is 5.82. The van der Waals surface area contributed by atoms with Gasteiger partial charge < -0.3 is 5.32 Å². The number of halogens is 1. The number of hydrogen-bond donors (Lipinski definition) is 1. The molecule has 2 nitrogen and oxygen atoms in total. The molecule has 0 saturated heterocycles. The third-order valence-electron chi connectivity index (χ3n) is 3.22. The fourth-order valence-corrected chi connectivity index (χ4v) is 2.41. The summed E-state index contributed by atoms with van der Waals surface area (Å²) in [6.45, 7) is 1.98. The van der Waals surface area contributed by atoms with Crippen molar-refractivity contribution in [1.82, 2.24) is 0 Å². The Morgan fingerprint density at radius 1 is 1.17 bits per heavy atom. The zero-order valence-electron chi connectivity index (χ0n) is 9.91. The number of fused-ring (bicyclic) bond motifs is 1. The van der Waals surface area contributed by atoms with Crippen molar-refractivity contribution in [2.24, 2.45) is 0 Å². The van der Waals surface area contributed by atoms with E-state index in [-0.39, 0.29) is 11.7 Å². The van der Waals surface area contributed by atoms with Crippen molar-refractivity contribution in [3.8, 4) is 0 Å². The monoisotopic (exact) mass is 241 g/mol. The lowest BCUT2D eigenvalue weighted by molar-refractivity contribution is -0.116. The SMILES string of the molecule is Cc1cccc(C2C(=O)Nc3ccc(F)cc32)c1. The molecule has 1 aliphatic heterocycles. The van der Waals surface area contributed by atoms with Gasteiger partial charge in [-0.1, -0.05) is 29.8 Å². The second kappa shape index (κ2) is 3.95. The van der Waals surface area contributed by atoms with Crippen molar-refractivity contribution >= 4 is 11.6 Å². The highest BCUT2D eigenvalue weighted by Gasteiger charge is 2.32. The smallest absolute Gasteiger partial charge is 0.236 e. The highest BCUT2D eigenvalue weighted by Crippen LogP contribution is 2.37. The average molecular weight is 241 g/mol. The largest absolute Gasteiger partial charge is 0.325 e. The first-order chi connectivity index (χ1) is 8.65. The molecule has 0 bridgehead atoms. The topological polar surface area (TPSA) is 29.1 Å². The number of carbonyl (C=O) groups is 1. The highest BCUT2D eigenvalue weighted by atomic mass is 19.1. The van der Waals surface area contributed by atoms with Crippen LogP contribution >= 0.6 is 0 Å². The van der Waals surface area contributed by atoms with Crippen molar-refractivity contribution in [2.45, 2.75) is 12.8 Å². The zero-order chi connectivity index (χ0) is 12.7. The van der Waals surface area contributed by atoms with E-state index in [0.29, 0.717) is 11.3 Å². The molecule has 2 aromatic carbocycles. The van der Waals surface area contributed by atoms with Crippen LogP contribution in [0.3, 0.4) is 0 Å². The first-order valence-electron chi connectivity index (χ1n) is 5.82.